The van der Waals surface area contributed by atoms with Crippen molar-refractivity contribution in [3.05, 3.63) is 47.9 Å². The van der Waals surface area contributed by atoms with Crippen LogP contribution in [0.5, 0.6) is 0 Å². The number of aryl methyl sites for hydroxylation is 1. The molecule has 5 rings (SSSR count). The molecule has 0 aromatic carbocycles. The number of hydrogen-bond acceptors (Lipinski definition) is 5. The molecule has 0 aliphatic carbocycles. The molecule has 2 bridgehead atoms. The van der Waals surface area contributed by atoms with E-state index in [0.717, 1.165) is 36.7 Å². The summed E-state index contributed by atoms with van der Waals surface area (Å²) >= 11 is 0. The number of aromatic nitrogens is 3. The Kier molecular flexibility index (Phi) is 3.26. The second-order valence-electron chi connectivity index (χ2n) is 6.15. The van der Waals surface area contributed by atoms with Gasteiger partial charge in [0.15, 0.2) is 0 Å². The van der Waals surface area contributed by atoms with Gasteiger partial charge in [-0.25, -0.2) is 14.4 Å². The van der Waals surface area contributed by atoms with Gasteiger partial charge in [-0.2, -0.15) is 0 Å². The molecule has 6 heteroatoms. The van der Waals surface area contributed by atoms with Gasteiger partial charge in [-0.1, -0.05) is 0 Å². The van der Waals surface area contributed by atoms with Crippen LogP contribution in [0.2, 0.25) is 0 Å². The van der Waals surface area contributed by atoms with Crippen LogP contribution >= 0.6 is 0 Å². The highest BCUT2D eigenvalue weighted by Crippen LogP contribution is 2.35. The van der Waals surface area contributed by atoms with Crippen molar-refractivity contribution >= 4 is 5.82 Å². The molecule has 3 fully saturated rings. The maximum absolute atomic E-state index is 13.2. The van der Waals surface area contributed by atoms with Gasteiger partial charge in [-0.3, -0.25) is 9.88 Å². The average Bonchev–Trinajstić information content (AvgIpc) is 2.53. The lowest BCUT2D eigenvalue weighted by Crippen LogP contribution is -2.68. The van der Waals surface area contributed by atoms with Crippen molar-refractivity contribution in [2.24, 2.45) is 0 Å². The van der Waals surface area contributed by atoms with E-state index in [-0.39, 0.29) is 5.82 Å². The Morgan fingerprint density at radius 2 is 2.00 bits per heavy atom. The number of hydrogen-bond donors (Lipinski definition) is 0. The summed E-state index contributed by atoms with van der Waals surface area (Å²) in [6.45, 7) is 4.70. The van der Waals surface area contributed by atoms with Gasteiger partial charge in [0.25, 0.3) is 0 Å². The minimum Gasteiger partial charge on any atom is -0.353 e. The first-order valence-electron chi connectivity index (χ1n) is 7.58. The highest BCUT2D eigenvalue weighted by Gasteiger charge is 2.44. The van der Waals surface area contributed by atoms with Gasteiger partial charge < -0.3 is 4.90 Å². The molecule has 2 aromatic rings. The highest BCUT2D eigenvalue weighted by molar-refractivity contribution is 5.41. The van der Waals surface area contributed by atoms with E-state index in [1.54, 1.807) is 18.6 Å². The van der Waals surface area contributed by atoms with E-state index in [2.05, 4.69) is 24.8 Å². The van der Waals surface area contributed by atoms with E-state index in [9.17, 15) is 4.39 Å². The molecule has 2 atom stereocenters. The minimum absolute atomic E-state index is 0.263. The molecular formula is C16H18FN5. The van der Waals surface area contributed by atoms with Crippen LogP contribution in [0.25, 0.3) is 0 Å². The Morgan fingerprint density at radius 1 is 1.18 bits per heavy atom. The average molecular weight is 299 g/mol. The molecule has 2 unspecified atom stereocenters. The molecule has 0 N–H and O–H groups in total. The number of piperidine rings is 1. The fourth-order valence-electron chi connectivity index (χ4n) is 3.50. The first-order valence-corrected chi connectivity index (χ1v) is 7.58. The Bertz CT molecular complexity index is 680. The second-order valence-corrected chi connectivity index (χ2v) is 6.15. The van der Waals surface area contributed by atoms with E-state index in [4.69, 9.17) is 0 Å². The van der Waals surface area contributed by atoms with Crippen molar-refractivity contribution in [3.63, 3.8) is 0 Å². The molecule has 3 aliphatic rings. The number of rotatable bonds is 3. The summed E-state index contributed by atoms with van der Waals surface area (Å²) in [5, 5.41) is 0. The van der Waals surface area contributed by atoms with Crippen LogP contribution in [0, 0.1) is 12.7 Å². The summed E-state index contributed by atoms with van der Waals surface area (Å²) in [5.74, 6) is 0.746. The number of nitrogens with zero attached hydrogens (tertiary/aromatic N) is 5. The van der Waals surface area contributed by atoms with Crippen molar-refractivity contribution in [1.29, 1.82) is 0 Å². The Hall–Kier alpha value is -2.08. The molecule has 0 saturated carbocycles. The monoisotopic (exact) mass is 299 g/mol. The smallest absolute Gasteiger partial charge is 0.141 e. The van der Waals surface area contributed by atoms with E-state index in [1.165, 1.54) is 12.6 Å². The van der Waals surface area contributed by atoms with Crippen LogP contribution < -0.4 is 4.90 Å². The van der Waals surface area contributed by atoms with Gasteiger partial charge in [-0.15, -0.1) is 0 Å². The third-order valence-electron chi connectivity index (χ3n) is 4.58. The van der Waals surface area contributed by atoms with E-state index in [1.807, 2.05) is 13.0 Å². The molecule has 114 valence electrons. The van der Waals surface area contributed by atoms with E-state index < -0.39 is 0 Å². The van der Waals surface area contributed by atoms with Crippen LogP contribution in [-0.2, 0) is 6.54 Å². The lowest BCUT2D eigenvalue weighted by atomic mass is 9.87. The first kappa shape index (κ1) is 13.6. The third-order valence-corrected chi connectivity index (χ3v) is 4.58. The van der Waals surface area contributed by atoms with Crippen LogP contribution in [0.3, 0.4) is 0 Å². The normalized spacial score (nSPS) is 24.2. The summed E-state index contributed by atoms with van der Waals surface area (Å²) in [6, 6.07) is 4.63. The van der Waals surface area contributed by atoms with Gasteiger partial charge in [0.1, 0.15) is 18.0 Å². The summed E-state index contributed by atoms with van der Waals surface area (Å²) in [7, 11) is 0. The molecule has 5 heterocycles. The van der Waals surface area contributed by atoms with Crippen LogP contribution in [0.1, 0.15) is 17.7 Å². The van der Waals surface area contributed by atoms with Gasteiger partial charge in [0, 0.05) is 49.7 Å². The predicted octanol–water partition coefficient (Wildman–Crippen LogP) is 1.78. The largest absolute Gasteiger partial charge is 0.353 e. The maximum Gasteiger partial charge on any atom is 0.141 e. The van der Waals surface area contributed by atoms with E-state index >= 15 is 0 Å². The van der Waals surface area contributed by atoms with Crippen LogP contribution in [-0.4, -0.2) is 45.0 Å². The Morgan fingerprint density at radius 3 is 2.73 bits per heavy atom. The molecule has 2 aromatic heterocycles. The Labute approximate surface area is 128 Å². The zero-order valence-corrected chi connectivity index (χ0v) is 12.5. The molecule has 0 amide bonds. The zero-order valence-electron chi connectivity index (χ0n) is 12.5. The molecule has 22 heavy (non-hydrogen) atoms. The van der Waals surface area contributed by atoms with Crippen LogP contribution in [0.15, 0.2) is 30.9 Å². The standard InChI is InChI=1S/C16H18FN5/c1-11-2-16(20-10-19-11)21-8-14-4-15(9-21)22(14)7-12-3-13(17)6-18-5-12/h2-3,5-6,10,14-15H,4,7-9H2,1H3. The highest BCUT2D eigenvalue weighted by atomic mass is 19.1. The second kappa shape index (κ2) is 5.28. The molecule has 3 saturated heterocycles. The molecule has 3 aliphatic heterocycles. The van der Waals surface area contributed by atoms with Crippen molar-refractivity contribution < 1.29 is 4.39 Å². The van der Waals surface area contributed by atoms with Gasteiger partial charge >= 0.3 is 0 Å². The zero-order chi connectivity index (χ0) is 15.1. The topological polar surface area (TPSA) is 45.2 Å². The van der Waals surface area contributed by atoms with Gasteiger partial charge in [0.05, 0.1) is 6.20 Å². The molecule has 5 nitrogen and oxygen atoms in total. The minimum atomic E-state index is -0.263. The molecule has 0 radical (unpaired) electrons. The summed E-state index contributed by atoms with van der Waals surface area (Å²) in [6.07, 6.45) is 5.84. The number of anilines is 1. The summed E-state index contributed by atoms with van der Waals surface area (Å²) in [4.78, 5) is 17.2. The quantitative estimate of drug-likeness (QED) is 0.864. The van der Waals surface area contributed by atoms with Crippen molar-refractivity contribution in [2.45, 2.75) is 32.0 Å². The van der Waals surface area contributed by atoms with Crippen molar-refractivity contribution in [2.75, 3.05) is 18.0 Å². The van der Waals surface area contributed by atoms with Gasteiger partial charge in [0.2, 0.25) is 0 Å². The summed E-state index contributed by atoms with van der Waals surface area (Å²) in [5.41, 5.74) is 1.94. The fraction of sp³-hybridized carbons (Fsp3) is 0.438. The number of halogens is 1. The fourth-order valence-corrected chi connectivity index (χ4v) is 3.50. The van der Waals surface area contributed by atoms with Crippen molar-refractivity contribution in [3.8, 4) is 0 Å². The summed E-state index contributed by atoms with van der Waals surface area (Å²) < 4.78 is 13.2. The lowest BCUT2D eigenvalue weighted by molar-refractivity contribution is -0.00883. The SMILES string of the molecule is Cc1cc(N2CC3CC(C2)N3Cc2cncc(F)c2)ncn1. The first-order chi connectivity index (χ1) is 10.7. The Balaban J connectivity index is 1.44. The number of piperazine rings is 1. The third kappa shape index (κ3) is 2.43. The lowest BCUT2D eigenvalue weighted by Gasteiger charge is -2.56. The van der Waals surface area contributed by atoms with Gasteiger partial charge in [-0.05, 0) is 25.0 Å². The predicted molar refractivity (Wildman–Crippen MR) is 80.9 cm³/mol. The maximum atomic E-state index is 13.2. The van der Waals surface area contributed by atoms with Crippen molar-refractivity contribution in [1.82, 2.24) is 19.9 Å². The van der Waals surface area contributed by atoms with E-state index in [0.29, 0.717) is 12.1 Å². The molecular weight excluding hydrogens is 281 g/mol. The number of fused-ring (bicyclic) bond motifs is 2. The number of pyridine rings is 1. The van der Waals surface area contributed by atoms with Crippen LogP contribution in [0.4, 0.5) is 10.2 Å². The molecule has 0 spiro atoms.